The molecule has 0 radical (unpaired) electrons. The van der Waals surface area contributed by atoms with Crippen LogP contribution in [0.25, 0.3) is 49.9 Å². The normalized spacial score (nSPS) is 12.6. The van der Waals surface area contributed by atoms with Crippen LogP contribution in [0.4, 0.5) is 17.1 Å². The predicted octanol–water partition coefficient (Wildman–Crippen LogP) is 11.6. The molecule has 0 aliphatic carbocycles. The molecule has 0 N–H and O–H groups in total. The van der Waals surface area contributed by atoms with Crippen molar-refractivity contribution in [2.75, 3.05) is 16.5 Å². The number of pyridine rings is 1. The molecule has 9 rings (SSSR count). The topological polar surface area (TPSA) is 33.5 Å². The zero-order valence-corrected chi connectivity index (χ0v) is 31.4. The van der Waals surface area contributed by atoms with Gasteiger partial charge in [-0.3, -0.25) is 0 Å². The molecule has 6 aromatic carbocycles. The van der Waals surface area contributed by atoms with Crippen LogP contribution < -0.4 is 14.5 Å². The van der Waals surface area contributed by atoms with Gasteiger partial charge in [-0.25, -0.2) is 4.98 Å². The molecule has 256 valence electrons. The van der Waals surface area contributed by atoms with Gasteiger partial charge in [0.25, 0.3) is 0 Å². The summed E-state index contributed by atoms with van der Waals surface area (Å²) >= 11 is 0. The second-order valence-electron chi connectivity index (χ2n) is 13.9. The number of aromatic nitrogens is 2. The maximum Gasteiger partial charge on any atom is 2.00 e. The van der Waals surface area contributed by atoms with Crippen molar-refractivity contribution in [1.29, 1.82) is 0 Å². The molecule has 0 unspecified atom stereocenters. The average Bonchev–Trinajstić information content (AvgIpc) is 3.72. The van der Waals surface area contributed by atoms with Crippen molar-refractivity contribution in [3.05, 3.63) is 164 Å². The van der Waals surface area contributed by atoms with E-state index in [4.69, 9.17) is 9.72 Å². The minimum atomic E-state index is -0.0263. The number of ether oxygens (including phenoxy) is 1. The van der Waals surface area contributed by atoms with Crippen molar-refractivity contribution in [1.82, 2.24) is 9.55 Å². The summed E-state index contributed by atoms with van der Waals surface area (Å²) in [6.07, 6.45) is 1.89. The monoisotopic (exact) mass is 855 g/mol. The van der Waals surface area contributed by atoms with Crippen molar-refractivity contribution in [2.24, 2.45) is 0 Å². The van der Waals surface area contributed by atoms with Crippen LogP contribution in [0.15, 0.2) is 152 Å². The first-order valence-electron chi connectivity index (χ1n) is 17.3. The summed E-state index contributed by atoms with van der Waals surface area (Å²) in [5, 5.41) is 2.22. The van der Waals surface area contributed by atoms with E-state index in [0.717, 1.165) is 51.1 Å². The Morgan fingerprint density at radius 1 is 0.615 bits per heavy atom. The fourth-order valence-corrected chi connectivity index (χ4v) is 7.25. The Labute approximate surface area is 319 Å². The first kappa shape index (κ1) is 33.5. The zero-order chi connectivity index (χ0) is 34.5. The maximum atomic E-state index is 6.53. The van der Waals surface area contributed by atoms with Gasteiger partial charge in [0.05, 0.1) is 18.0 Å². The Morgan fingerprint density at radius 3 is 2.12 bits per heavy atom. The third-order valence-corrected chi connectivity index (χ3v) is 9.67. The molecule has 0 amide bonds. The van der Waals surface area contributed by atoms with Crippen LogP contribution >= 0.6 is 0 Å². The number of para-hydroxylation sites is 3. The van der Waals surface area contributed by atoms with E-state index < -0.39 is 0 Å². The van der Waals surface area contributed by atoms with E-state index in [9.17, 15) is 0 Å². The van der Waals surface area contributed by atoms with Gasteiger partial charge in [-0.15, -0.1) is 35.7 Å². The van der Waals surface area contributed by atoms with Crippen LogP contribution in [0.3, 0.4) is 0 Å². The summed E-state index contributed by atoms with van der Waals surface area (Å²) in [6, 6.07) is 57.7. The van der Waals surface area contributed by atoms with Crippen LogP contribution in [0.2, 0.25) is 0 Å². The zero-order valence-electron chi connectivity index (χ0n) is 29.2. The van der Waals surface area contributed by atoms with Crippen LogP contribution in [-0.2, 0) is 21.1 Å². The molecule has 0 fully saturated rings. The third-order valence-electron chi connectivity index (χ3n) is 9.67. The number of nitrogens with zero attached hydrogens (tertiary/aromatic N) is 4. The van der Waals surface area contributed by atoms with Gasteiger partial charge in [-0.05, 0) is 78.7 Å². The number of hydrogen-bond acceptors (Lipinski definition) is 4. The number of fused-ring (bicyclic) bond motifs is 4. The molecule has 0 bridgehead atoms. The first-order chi connectivity index (χ1) is 24.9. The molecule has 0 atom stereocenters. The molecule has 0 spiro atoms. The summed E-state index contributed by atoms with van der Waals surface area (Å²) in [5.41, 5.74) is 9.89. The number of rotatable bonds is 6. The molecule has 3 heterocycles. The molecule has 1 aliphatic rings. The van der Waals surface area contributed by atoms with Crippen LogP contribution in [-0.4, -0.2) is 21.8 Å². The minimum absolute atomic E-state index is 0. The number of hydrogen-bond donors (Lipinski definition) is 0. The van der Waals surface area contributed by atoms with Gasteiger partial charge in [-0.2, -0.15) is 12.1 Å². The summed E-state index contributed by atoms with van der Waals surface area (Å²) in [4.78, 5) is 9.63. The van der Waals surface area contributed by atoms with Crippen LogP contribution in [0, 0.1) is 12.1 Å². The van der Waals surface area contributed by atoms with Gasteiger partial charge >= 0.3 is 21.1 Å². The van der Waals surface area contributed by atoms with E-state index in [0.29, 0.717) is 11.5 Å². The molecule has 0 saturated heterocycles. The minimum Gasteiger partial charge on any atom is -0.509 e. The van der Waals surface area contributed by atoms with E-state index in [2.05, 4.69) is 175 Å². The van der Waals surface area contributed by atoms with Crippen molar-refractivity contribution in [3.63, 3.8) is 0 Å². The molecule has 2 aromatic heterocycles. The molecule has 8 aromatic rings. The van der Waals surface area contributed by atoms with Gasteiger partial charge in [-0.1, -0.05) is 96.1 Å². The van der Waals surface area contributed by atoms with E-state index >= 15 is 0 Å². The summed E-state index contributed by atoms with van der Waals surface area (Å²) in [7, 11) is 0. The van der Waals surface area contributed by atoms with Crippen LogP contribution in [0.1, 0.15) is 20.8 Å². The number of benzene rings is 6. The van der Waals surface area contributed by atoms with Crippen molar-refractivity contribution < 1.29 is 25.8 Å². The van der Waals surface area contributed by atoms with E-state index in [1.807, 2.05) is 24.4 Å². The Balaban J connectivity index is 0.00000387. The van der Waals surface area contributed by atoms with Gasteiger partial charge in [0, 0.05) is 28.8 Å². The standard InChI is InChI=1S/C46H36N4O.Pt/c1-46(2,3)49-31-48(42-22-11-12-23-43(42)49)34-16-13-17-35(29-34)51-36-24-25-40-39-20-9-10-21-41(39)50(44(40)30-36)45-28-33(26-27-47-45)38-19-8-7-18-37(38)32-14-5-4-6-15-32;/h4-28H,31H2,1-3H3;/q-2;+2. The molecular formula is C46H36N4OPt. The molecule has 6 heteroatoms. The maximum absolute atomic E-state index is 6.53. The number of anilines is 3. The molecule has 1 aliphatic heterocycles. The Kier molecular flexibility index (Phi) is 8.69. The Hall–Kier alpha value is -5.64. The van der Waals surface area contributed by atoms with Crippen molar-refractivity contribution in [2.45, 2.75) is 26.3 Å². The Morgan fingerprint density at radius 2 is 1.31 bits per heavy atom. The smallest absolute Gasteiger partial charge is 0.509 e. The third kappa shape index (κ3) is 5.95. The second-order valence-corrected chi connectivity index (χ2v) is 13.9. The van der Waals surface area contributed by atoms with E-state index in [1.165, 1.54) is 22.5 Å². The van der Waals surface area contributed by atoms with E-state index in [1.54, 1.807) is 0 Å². The fourth-order valence-electron chi connectivity index (χ4n) is 7.25. The van der Waals surface area contributed by atoms with Gasteiger partial charge < -0.3 is 19.1 Å². The molecule has 0 saturated carbocycles. The average molecular weight is 856 g/mol. The first-order valence-corrected chi connectivity index (χ1v) is 17.3. The summed E-state index contributed by atoms with van der Waals surface area (Å²) < 4.78 is 8.72. The van der Waals surface area contributed by atoms with Crippen molar-refractivity contribution in [3.8, 4) is 39.6 Å². The SMILES string of the molecule is CC(C)(C)N1CN(c2[c-]c(Oc3[c-]c4c(cc3)c3ccccc3n4-c3cc(-c4ccccc4-c4ccccc4)ccn3)ccc2)c2ccccc21.[Pt+2]. The predicted molar refractivity (Wildman–Crippen MR) is 209 cm³/mol. The molecular weight excluding hydrogens is 820 g/mol. The van der Waals surface area contributed by atoms with Gasteiger partial charge in [0.1, 0.15) is 5.82 Å². The van der Waals surface area contributed by atoms with E-state index in [-0.39, 0.29) is 26.6 Å². The Bertz CT molecular complexity index is 2550. The van der Waals surface area contributed by atoms with Gasteiger partial charge in [0.15, 0.2) is 0 Å². The van der Waals surface area contributed by atoms with Crippen molar-refractivity contribution >= 4 is 38.9 Å². The largest absolute Gasteiger partial charge is 2.00 e. The fraction of sp³-hybridized carbons (Fsp3) is 0.109. The molecule has 5 nitrogen and oxygen atoms in total. The molecule has 52 heavy (non-hydrogen) atoms. The second kappa shape index (κ2) is 13.5. The van der Waals surface area contributed by atoms with Gasteiger partial charge in [0.2, 0.25) is 0 Å². The van der Waals surface area contributed by atoms with Crippen LogP contribution in [0.5, 0.6) is 11.5 Å². The summed E-state index contributed by atoms with van der Waals surface area (Å²) in [5.74, 6) is 2.07. The summed E-state index contributed by atoms with van der Waals surface area (Å²) in [6.45, 7) is 7.48. The quantitative estimate of drug-likeness (QED) is 0.156.